The zero-order chi connectivity index (χ0) is 16.4. The Labute approximate surface area is 137 Å². The lowest BCUT2D eigenvalue weighted by Crippen LogP contribution is -2.14. The number of nitrogens with one attached hydrogen (secondary N) is 1. The van der Waals surface area contributed by atoms with Crippen molar-refractivity contribution in [3.05, 3.63) is 46.5 Å². The van der Waals surface area contributed by atoms with Crippen molar-refractivity contribution in [1.82, 2.24) is 9.78 Å². The number of nitrogens with two attached hydrogens (primary N) is 1. The molecule has 0 saturated heterocycles. The van der Waals surface area contributed by atoms with E-state index in [9.17, 15) is 13.2 Å². The summed E-state index contributed by atoms with van der Waals surface area (Å²) in [5, 5.41) is 11.0. The zero-order valence-electron chi connectivity index (χ0n) is 12.5. The first-order valence-corrected chi connectivity index (χ1v) is 6.53. The van der Waals surface area contributed by atoms with Crippen LogP contribution in [-0.4, -0.2) is 22.2 Å². The van der Waals surface area contributed by atoms with E-state index in [0.717, 1.165) is 16.8 Å². The van der Waals surface area contributed by atoms with Gasteiger partial charge in [-0.2, -0.15) is 5.10 Å². The van der Waals surface area contributed by atoms with Gasteiger partial charge in [-0.3, -0.25) is 10.1 Å². The number of benzene rings is 1. The molecule has 0 bridgehead atoms. The first-order chi connectivity index (χ1) is 10.3. The molecule has 0 radical (unpaired) electrons. The summed E-state index contributed by atoms with van der Waals surface area (Å²) in [5.41, 5.74) is 4.63. The Morgan fingerprint density at radius 3 is 2.30 bits per heavy atom. The maximum Gasteiger partial charge on any atom is 0.175 e. The van der Waals surface area contributed by atoms with Crippen molar-refractivity contribution in [3.8, 4) is 5.75 Å². The van der Waals surface area contributed by atoms with Crippen LogP contribution in [0.5, 0.6) is 5.75 Å². The maximum absolute atomic E-state index is 14.0. The number of rotatable bonds is 5. The van der Waals surface area contributed by atoms with Gasteiger partial charge in [-0.05, 0) is 13.8 Å². The van der Waals surface area contributed by atoms with Gasteiger partial charge >= 0.3 is 0 Å². The molecule has 5 nitrogen and oxygen atoms in total. The molecule has 9 heteroatoms. The van der Waals surface area contributed by atoms with E-state index in [1.165, 1.54) is 6.92 Å². The van der Waals surface area contributed by atoms with Gasteiger partial charge in [0, 0.05) is 17.7 Å². The Bertz CT molecular complexity index is 710. The van der Waals surface area contributed by atoms with E-state index in [1.54, 1.807) is 6.92 Å². The standard InChI is InChI=1S/C14H15F3N4O.ClH/c1-3-22-8-4-10(15)9(11(16)5-8)6-21-7(2)12(17)13(20-21)14(18)19;/h4-5H,3,6H2,1-2H3,(H3,18,19);1H. The number of amidine groups is 1. The normalized spacial score (nSPS) is 10.3. The van der Waals surface area contributed by atoms with Crippen LogP contribution in [0.1, 0.15) is 23.9 Å². The summed E-state index contributed by atoms with van der Waals surface area (Å²) >= 11 is 0. The summed E-state index contributed by atoms with van der Waals surface area (Å²) in [6.45, 7) is 3.05. The summed E-state index contributed by atoms with van der Waals surface area (Å²) in [5.74, 6) is -2.88. The van der Waals surface area contributed by atoms with Gasteiger partial charge in [0.15, 0.2) is 11.5 Å². The maximum atomic E-state index is 14.0. The lowest BCUT2D eigenvalue weighted by molar-refractivity contribution is 0.335. The quantitative estimate of drug-likeness (QED) is 0.644. The van der Waals surface area contributed by atoms with E-state index in [4.69, 9.17) is 15.9 Å². The highest BCUT2D eigenvalue weighted by atomic mass is 35.5. The molecule has 0 spiro atoms. The molecule has 0 aliphatic heterocycles. The Morgan fingerprint density at radius 1 is 1.30 bits per heavy atom. The molecule has 0 aliphatic carbocycles. The van der Waals surface area contributed by atoms with Crippen LogP contribution in [0, 0.1) is 29.8 Å². The Kier molecular flexibility index (Phi) is 6.03. The van der Waals surface area contributed by atoms with Crippen LogP contribution in [0.4, 0.5) is 13.2 Å². The second kappa shape index (κ2) is 7.36. The van der Waals surface area contributed by atoms with Crippen molar-refractivity contribution in [1.29, 1.82) is 5.41 Å². The lowest BCUT2D eigenvalue weighted by Gasteiger charge is -2.10. The van der Waals surface area contributed by atoms with Gasteiger partial charge in [0.2, 0.25) is 0 Å². The molecule has 1 heterocycles. The molecular weight excluding hydrogens is 333 g/mol. The second-order valence-corrected chi connectivity index (χ2v) is 4.62. The van der Waals surface area contributed by atoms with Crippen LogP contribution < -0.4 is 10.5 Å². The highest BCUT2D eigenvalue weighted by molar-refractivity contribution is 5.93. The largest absolute Gasteiger partial charge is 0.494 e. The van der Waals surface area contributed by atoms with E-state index in [0.29, 0.717) is 0 Å². The van der Waals surface area contributed by atoms with E-state index >= 15 is 0 Å². The fraction of sp³-hybridized carbons (Fsp3) is 0.286. The summed E-state index contributed by atoms with van der Waals surface area (Å²) in [6.07, 6.45) is 0. The third kappa shape index (κ3) is 3.76. The minimum atomic E-state index is -0.817. The molecule has 0 amide bonds. The Morgan fingerprint density at radius 2 is 1.87 bits per heavy atom. The van der Waals surface area contributed by atoms with Crippen LogP contribution in [0.3, 0.4) is 0 Å². The van der Waals surface area contributed by atoms with Gasteiger partial charge in [0.1, 0.15) is 23.2 Å². The third-order valence-electron chi connectivity index (χ3n) is 3.12. The fourth-order valence-electron chi connectivity index (χ4n) is 1.98. The van der Waals surface area contributed by atoms with Crippen molar-refractivity contribution < 1.29 is 17.9 Å². The molecule has 0 fully saturated rings. The second-order valence-electron chi connectivity index (χ2n) is 4.62. The molecule has 0 atom stereocenters. The van der Waals surface area contributed by atoms with Gasteiger partial charge in [-0.15, -0.1) is 12.4 Å². The van der Waals surface area contributed by atoms with Gasteiger partial charge < -0.3 is 10.5 Å². The minimum Gasteiger partial charge on any atom is -0.494 e. The van der Waals surface area contributed by atoms with Gasteiger partial charge in [-0.25, -0.2) is 13.2 Å². The van der Waals surface area contributed by atoms with Crippen LogP contribution in [0.15, 0.2) is 12.1 Å². The molecular formula is C14H16ClF3N4O. The molecule has 23 heavy (non-hydrogen) atoms. The summed E-state index contributed by atoms with van der Waals surface area (Å²) in [6, 6.07) is 2.12. The van der Waals surface area contributed by atoms with Gasteiger partial charge in [-0.1, -0.05) is 0 Å². The average molecular weight is 349 g/mol. The van der Waals surface area contributed by atoms with Crippen molar-refractivity contribution >= 4 is 18.2 Å². The third-order valence-corrected chi connectivity index (χ3v) is 3.12. The van der Waals surface area contributed by atoms with Crippen molar-refractivity contribution in [2.45, 2.75) is 20.4 Å². The lowest BCUT2D eigenvalue weighted by atomic mass is 10.2. The number of aromatic nitrogens is 2. The number of halogens is 4. The van der Waals surface area contributed by atoms with E-state index in [2.05, 4.69) is 5.10 Å². The molecule has 0 aliphatic rings. The number of hydrogen-bond acceptors (Lipinski definition) is 3. The smallest absolute Gasteiger partial charge is 0.175 e. The van der Waals surface area contributed by atoms with Crippen molar-refractivity contribution in [2.24, 2.45) is 5.73 Å². The van der Waals surface area contributed by atoms with Crippen LogP contribution in [0.2, 0.25) is 0 Å². The summed E-state index contributed by atoms with van der Waals surface area (Å²) in [7, 11) is 0. The Hall–Kier alpha value is -2.22. The van der Waals surface area contributed by atoms with Gasteiger partial charge in [0.25, 0.3) is 0 Å². The molecule has 0 unspecified atom stereocenters. The zero-order valence-corrected chi connectivity index (χ0v) is 13.3. The molecule has 126 valence electrons. The number of hydrogen-bond donors (Lipinski definition) is 2. The number of nitrogens with zero attached hydrogens (tertiary/aromatic N) is 2. The average Bonchev–Trinajstić information content (AvgIpc) is 2.71. The SMILES string of the molecule is CCOc1cc(F)c(Cn2nc(C(=N)N)c(F)c2C)c(F)c1.Cl. The van der Waals surface area contributed by atoms with E-state index in [1.807, 2.05) is 0 Å². The van der Waals surface area contributed by atoms with Crippen LogP contribution >= 0.6 is 12.4 Å². The number of nitrogen functional groups attached to an aromatic ring is 1. The first-order valence-electron chi connectivity index (χ1n) is 6.53. The van der Waals surface area contributed by atoms with E-state index < -0.39 is 23.3 Å². The van der Waals surface area contributed by atoms with Crippen molar-refractivity contribution in [2.75, 3.05) is 6.61 Å². The molecule has 2 aromatic rings. The highest BCUT2D eigenvalue weighted by Crippen LogP contribution is 2.22. The monoisotopic (exact) mass is 348 g/mol. The molecule has 0 saturated carbocycles. The molecule has 1 aromatic carbocycles. The predicted molar refractivity (Wildman–Crippen MR) is 81.8 cm³/mol. The summed E-state index contributed by atoms with van der Waals surface area (Å²) in [4.78, 5) is 0. The highest BCUT2D eigenvalue weighted by Gasteiger charge is 2.19. The summed E-state index contributed by atoms with van der Waals surface area (Å²) < 4.78 is 47.9. The molecule has 2 rings (SSSR count). The fourth-order valence-corrected chi connectivity index (χ4v) is 1.98. The first kappa shape index (κ1) is 18.8. The van der Waals surface area contributed by atoms with Gasteiger partial charge in [0.05, 0.1) is 18.8 Å². The van der Waals surface area contributed by atoms with Crippen molar-refractivity contribution in [3.63, 3.8) is 0 Å². The minimum absolute atomic E-state index is 0. The topological polar surface area (TPSA) is 76.9 Å². The Balaban J connectivity index is 0.00000264. The molecule has 3 N–H and O–H groups in total. The number of ether oxygens (including phenoxy) is 1. The van der Waals surface area contributed by atoms with E-state index in [-0.39, 0.29) is 48.3 Å². The van der Waals surface area contributed by atoms with Crippen LogP contribution in [-0.2, 0) is 6.54 Å². The molecule has 1 aromatic heterocycles. The van der Waals surface area contributed by atoms with Crippen LogP contribution in [0.25, 0.3) is 0 Å². The predicted octanol–water partition coefficient (Wildman–Crippen LogP) is 2.76.